The Kier molecular flexibility index (Phi) is 4.90. The number of ether oxygens (including phenoxy) is 2. The van der Waals surface area contributed by atoms with Crippen LogP contribution in [0, 0.1) is 17.8 Å². The van der Waals surface area contributed by atoms with E-state index in [1.54, 1.807) is 14.2 Å². The SMILES string of the molecule is COc1cccc(OC)c1C(=O)N1CCN(CC2CC3C=CC2C3)CC1. The highest BCUT2D eigenvalue weighted by Gasteiger charge is 2.37. The van der Waals surface area contributed by atoms with Gasteiger partial charge in [-0.15, -0.1) is 0 Å². The van der Waals surface area contributed by atoms with Crippen LogP contribution in [0.1, 0.15) is 23.2 Å². The summed E-state index contributed by atoms with van der Waals surface area (Å²) >= 11 is 0. The first kappa shape index (κ1) is 17.4. The highest BCUT2D eigenvalue weighted by atomic mass is 16.5. The van der Waals surface area contributed by atoms with E-state index in [2.05, 4.69) is 17.1 Å². The van der Waals surface area contributed by atoms with Crippen molar-refractivity contribution in [2.24, 2.45) is 17.8 Å². The molecule has 2 fully saturated rings. The van der Waals surface area contributed by atoms with Crippen LogP contribution in [0.5, 0.6) is 11.5 Å². The second kappa shape index (κ2) is 7.31. The summed E-state index contributed by atoms with van der Waals surface area (Å²) in [5.41, 5.74) is 0.532. The number of allylic oxidation sites excluding steroid dienone is 2. The van der Waals surface area contributed by atoms with Crippen LogP contribution in [0.4, 0.5) is 0 Å². The van der Waals surface area contributed by atoms with Crippen molar-refractivity contribution >= 4 is 5.91 Å². The fourth-order valence-electron chi connectivity index (χ4n) is 4.79. The number of carbonyl (C=O) groups is 1. The molecule has 5 heteroatoms. The number of benzene rings is 1. The fourth-order valence-corrected chi connectivity index (χ4v) is 4.79. The number of rotatable bonds is 5. The maximum absolute atomic E-state index is 13.1. The fraction of sp³-hybridized carbons (Fsp3) is 0.571. The first-order valence-corrected chi connectivity index (χ1v) is 9.60. The Balaban J connectivity index is 1.37. The summed E-state index contributed by atoms with van der Waals surface area (Å²) in [5, 5.41) is 0. The molecule has 0 aromatic heterocycles. The molecule has 1 amide bonds. The Labute approximate surface area is 155 Å². The van der Waals surface area contributed by atoms with E-state index in [0.717, 1.165) is 43.9 Å². The maximum Gasteiger partial charge on any atom is 0.261 e. The molecule has 0 radical (unpaired) electrons. The van der Waals surface area contributed by atoms with Gasteiger partial charge in [0, 0.05) is 32.7 Å². The van der Waals surface area contributed by atoms with E-state index in [0.29, 0.717) is 17.1 Å². The Morgan fingerprint density at radius 1 is 1.04 bits per heavy atom. The van der Waals surface area contributed by atoms with E-state index >= 15 is 0 Å². The minimum Gasteiger partial charge on any atom is -0.496 e. The lowest BCUT2D eigenvalue weighted by atomic mass is 9.93. The summed E-state index contributed by atoms with van der Waals surface area (Å²) in [6.07, 6.45) is 7.53. The quantitative estimate of drug-likeness (QED) is 0.761. The van der Waals surface area contributed by atoms with Crippen LogP contribution in [0.15, 0.2) is 30.4 Å². The van der Waals surface area contributed by atoms with E-state index in [-0.39, 0.29) is 5.91 Å². The lowest BCUT2D eigenvalue weighted by Crippen LogP contribution is -2.50. The van der Waals surface area contributed by atoms with Crippen molar-refractivity contribution in [1.82, 2.24) is 9.80 Å². The van der Waals surface area contributed by atoms with Gasteiger partial charge in [-0.3, -0.25) is 9.69 Å². The minimum absolute atomic E-state index is 0.00167. The molecule has 3 aliphatic rings. The van der Waals surface area contributed by atoms with Gasteiger partial charge < -0.3 is 14.4 Å². The van der Waals surface area contributed by atoms with Gasteiger partial charge in [0.05, 0.1) is 14.2 Å². The average Bonchev–Trinajstić information content (AvgIpc) is 3.30. The third-order valence-corrected chi connectivity index (χ3v) is 6.21. The summed E-state index contributed by atoms with van der Waals surface area (Å²) in [7, 11) is 3.18. The van der Waals surface area contributed by atoms with E-state index in [4.69, 9.17) is 9.47 Å². The Bertz CT molecular complexity index is 672. The molecule has 5 nitrogen and oxygen atoms in total. The van der Waals surface area contributed by atoms with Crippen LogP contribution < -0.4 is 9.47 Å². The highest BCUT2D eigenvalue weighted by Crippen LogP contribution is 2.43. The zero-order valence-electron chi connectivity index (χ0n) is 15.7. The molecule has 1 heterocycles. The summed E-state index contributed by atoms with van der Waals surface area (Å²) in [5.74, 6) is 3.57. The summed E-state index contributed by atoms with van der Waals surface area (Å²) in [4.78, 5) is 17.5. The smallest absolute Gasteiger partial charge is 0.261 e. The van der Waals surface area contributed by atoms with Gasteiger partial charge in [-0.05, 0) is 42.7 Å². The summed E-state index contributed by atoms with van der Waals surface area (Å²) < 4.78 is 10.8. The molecule has 3 atom stereocenters. The number of piperazine rings is 1. The normalized spacial score (nSPS) is 27.8. The van der Waals surface area contributed by atoms with Crippen molar-refractivity contribution in [3.63, 3.8) is 0 Å². The predicted molar refractivity (Wildman–Crippen MR) is 101 cm³/mol. The standard InChI is InChI=1S/C21H28N2O3/c1-25-18-4-3-5-19(26-2)20(18)21(24)23-10-8-22(9-11-23)14-17-13-15-6-7-16(17)12-15/h3-7,15-17H,8-14H2,1-2H3. The molecule has 2 bridgehead atoms. The molecule has 1 saturated heterocycles. The van der Waals surface area contributed by atoms with Crippen LogP contribution >= 0.6 is 0 Å². The van der Waals surface area contributed by atoms with Gasteiger partial charge >= 0.3 is 0 Å². The predicted octanol–water partition coefficient (Wildman–Crippen LogP) is 2.67. The van der Waals surface area contributed by atoms with Crippen molar-refractivity contribution < 1.29 is 14.3 Å². The van der Waals surface area contributed by atoms with Gasteiger partial charge in [0.1, 0.15) is 17.1 Å². The van der Waals surface area contributed by atoms with E-state index in [9.17, 15) is 4.79 Å². The minimum atomic E-state index is 0.00167. The second-order valence-electron chi connectivity index (χ2n) is 7.67. The molecule has 140 valence electrons. The Hall–Kier alpha value is -2.01. The molecule has 4 rings (SSSR count). The van der Waals surface area contributed by atoms with Gasteiger partial charge in [-0.2, -0.15) is 0 Å². The topological polar surface area (TPSA) is 42.0 Å². The summed E-state index contributed by atoms with van der Waals surface area (Å²) in [6.45, 7) is 4.58. The average molecular weight is 356 g/mol. The molecule has 0 spiro atoms. The van der Waals surface area contributed by atoms with Gasteiger partial charge in [0.25, 0.3) is 5.91 Å². The molecule has 26 heavy (non-hydrogen) atoms. The van der Waals surface area contributed by atoms with Gasteiger partial charge in [0.15, 0.2) is 0 Å². The van der Waals surface area contributed by atoms with Crippen LogP contribution in [-0.4, -0.2) is 62.7 Å². The summed E-state index contributed by atoms with van der Waals surface area (Å²) in [6, 6.07) is 5.47. The van der Waals surface area contributed by atoms with E-state index in [1.807, 2.05) is 23.1 Å². The largest absolute Gasteiger partial charge is 0.496 e. The number of hydrogen-bond donors (Lipinski definition) is 0. The van der Waals surface area contributed by atoms with Gasteiger partial charge in [0.2, 0.25) is 0 Å². The molecule has 1 aliphatic heterocycles. The monoisotopic (exact) mass is 356 g/mol. The van der Waals surface area contributed by atoms with Crippen LogP contribution in [0.3, 0.4) is 0 Å². The molecule has 1 aromatic rings. The van der Waals surface area contributed by atoms with Crippen LogP contribution in [0.25, 0.3) is 0 Å². The zero-order chi connectivity index (χ0) is 18.1. The number of amides is 1. The molecule has 3 unspecified atom stereocenters. The Morgan fingerprint density at radius 2 is 1.73 bits per heavy atom. The first-order valence-electron chi connectivity index (χ1n) is 9.60. The van der Waals surface area contributed by atoms with Crippen LogP contribution in [0.2, 0.25) is 0 Å². The van der Waals surface area contributed by atoms with Crippen molar-refractivity contribution in [3.05, 3.63) is 35.9 Å². The lowest BCUT2D eigenvalue weighted by Gasteiger charge is -2.37. The number of hydrogen-bond acceptors (Lipinski definition) is 4. The molecular weight excluding hydrogens is 328 g/mol. The van der Waals surface area contributed by atoms with E-state index in [1.165, 1.54) is 19.4 Å². The number of nitrogens with zero attached hydrogens (tertiary/aromatic N) is 2. The van der Waals surface area contributed by atoms with E-state index < -0.39 is 0 Å². The van der Waals surface area contributed by atoms with Gasteiger partial charge in [-0.1, -0.05) is 18.2 Å². The molecule has 1 saturated carbocycles. The van der Waals surface area contributed by atoms with Crippen LogP contribution in [-0.2, 0) is 0 Å². The lowest BCUT2D eigenvalue weighted by molar-refractivity contribution is 0.0604. The number of carbonyl (C=O) groups excluding carboxylic acids is 1. The van der Waals surface area contributed by atoms with Crippen molar-refractivity contribution in [2.75, 3.05) is 46.9 Å². The Morgan fingerprint density at radius 3 is 2.27 bits per heavy atom. The maximum atomic E-state index is 13.1. The van der Waals surface area contributed by atoms with Gasteiger partial charge in [-0.25, -0.2) is 0 Å². The molecule has 0 N–H and O–H groups in total. The zero-order valence-corrected chi connectivity index (χ0v) is 15.7. The van der Waals surface area contributed by atoms with Crippen molar-refractivity contribution in [2.45, 2.75) is 12.8 Å². The van der Waals surface area contributed by atoms with Crippen molar-refractivity contribution in [3.8, 4) is 11.5 Å². The molecular formula is C21H28N2O3. The second-order valence-corrected chi connectivity index (χ2v) is 7.67. The highest BCUT2D eigenvalue weighted by molar-refractivity contribution is 5.99. The third kappa shape index (κ3) is 3.20. The molecule has 1 aromatic carbocycles. The number of fused-ring (bicyclic) bond motifs is 2. The number of methoxy groups -OCH3 is 2. The van der Waals surface area contributed by atoms with Crippen molar-refractivity contribution in [1.29, 1.82) is 0 Å². The molecule has 2 aliphatic carbocycles. The first-order chi connectivity index (χ1) is 12.7. The third-order valence-electron chi connectivity index (χ3n) is 6.21.